The number of likely N-dealkylation sites (N-methyl/N-ethyl adjacent to an activating group) is 1. The Hall–Kier alpha value is -1.09. The number of rotatable bonds is 6. The maximum atomic E-state index is 5.05. The van der Waals surface area contributed by atoms with Crippen LogP contribution < -0.4 is 10.1 Å². The van der Waals surface area contributed by atoms with Gasteiger partial charge in [-0.15, -0.1) is 0 Å². The second-order valence-corrected chi connectivity index (χ2v) is 4.41. The quantitative estimate of drug-likeness (QED) is 0.796. The van der Waals surface area contributed by atoms with Gasteiger partial charge in [-0.3, -0.25) is 0 Å². The Morgan fingerprint density at radius 2 is 2.31 bits per heavy atom. The van der Waals surface area contributed by atoms with Gasteiger partial charge in [-0.25, -0.2) is 4.98 Å². The first-order chi connectivity index (χ1) is 7.83. The molecule has 3 nitrogen and oxygen atoms in total. The van der Waals surface area contributed by atoms with Crippen molar-refractivity contribution in [1.29, 1.82) is 0 Å². The van der Waals surface area contributed by atoms with E-state index in [1.807, 2.05) is 12.3 Å². The molecule has 1 heterocycles. The molecule has 0 saturated heterocycles. The van der Waals surface area contributed by atoms with Gasteiger partial charge in [0.2, 0.25) is 5.88 Å². The van der Waals surface area contributed by atoms with Crippen LogP contribution in [-0.2, 0) is 6.42 Å². The highest BCUT2D eigenvalue weighted by Crippen LogP contribution is 2.34. The summed E-state index contributed by atoms with van der Waals surface area (Å²) in [5, 5.41) is 3.56. The average molecular weight is 220 g/mol. The van der Waals surface area contributed by atoms with Gasteiger partial charge < -0.3 is 10.1 Å². The Bertz CT molecular complexity index is 319. The van der Waals surface area contributed by atoms with E-state index in [0.29, 0.717) is 11.9 Å². The zero-order valence-electron chi connectivity index (χ0n) is 10.1. The number of methoxy groups -OCH3 is 1. The maximum Gasteiger partial charge on any atom is 0.212 e. The van der Waals surface area contributed by atoms with E-state index in [1.54, 1.807) is 7.11 Å². The van der Waals surface area contributed by atoms with Gasteiger partial charge >= 0.3 is 0 Å². The second-order valence-electron chi connectivity index (χ2n) is 4.41. The lowest BCUT2D eigenvalue weighted by Crippen LogP contribution is -2.32. The van der Waals surface area contributed by atoms with Crippen LogP contribution in [0, 0.1) is 5.92 Å². The summed E-state index contributed by atoms with van der Waals surface area (Å²) < 4.78 is 5.05. The molecule has 1 saturated carbocycles. The van der Waals surface area contributed by atoms with Gasteiger partial charge in [0.25, 0.3) is 0 Å². The SMILES string of the molecule is CCNC(Cc1ccc(OC)nc1)C1CC1. The Labute approximate surface area is 97.2 Å². The van der Waals surface area contributed by atoms with E-state index in [9.17, 15) is 0 Å². The Kier molecular flexibility index (Phi) is 3.78. The highest BCUT2D eigenvalue weighted by atomic mass is 16.5. The van der Waals surface area contributed by atoms with E-state index >= 15 is 0 Å². The minimum atomic E-state index is 0.625. The molecule has 0 aromatic carbocycles. The zero-order valence-corrected chi connectivity index (χ0v) is 10.1. The first kappa shape index (κ1) is 11.4. The number of pyridine rings is 1. The van der Waals surface area contributed by atoms with Crippen molar-refractivity contribution in [3.63, 3.8) is 0 Å². The van der Waals surface area contributed by atoms with Crippen LogP contribution in [0.2, 0.25) is 0 Å². The van der Waals surface area contributed by atoms with Crippen LogP contribution in [0.4, 0.5) is 0 Å². The number of nitrogens with zero attached hydrogens (tertiary/aromatic N) is 1. The van der Waals surface area contributed by atoms with Crippen LogP contribution in [0.1, 0.15) is 25.3 Å². The van der Waals surface area contributed by atoms with E-state index in [2.05, 4.69) is 23.3 Å². The van der Waals surface area contributed by atoms with Gasteiger partial charge in [-0.2, -0.15) is 0 Å². The normalized spacial score (nSPS) is 17.1. The van der Waals surface area contributed by atoms with Crippen LogP contribution in [0.5, 0.6) is 5.88 Å². The summed E-state index contributed by atoms with van der Waals surface area (Å²) in [6, 6.07) is 4.67. The summed E-state index contributed by atoms with van der Waals surface area (Å²) in [7, 11) is 1.65. The van der Waals surface area contributed by atoms with Gasteiger partial charge in [-0.05, 0) is 37.3 Å². The predicted molar refractivity (Wildman–Crippen MR) is 64.7 cm³/mol. The van der Waals surface area contributed by atoms with Crippen molar-refractivity contribution in [3.05, 3.63) is 23.9 Å². The summed E-state index contributed by atoms with van der Waals surface area (Å²) in [5.74, 6) is 1.57. The molecule has 1 fully saturated rings. The molecule has 3 heteroatoms. The molecule has 0 radical (unpaired) electrons. The van der Waals surface area contributed by atoms with Crippen molar-refractivity contribution in [1.82, 2.24) is 10.3 Å². The highest BCUT2D eigenvalue weighted by molar-refractivity contribution is 5.19. The predicted octanol–water partition coefficient (Wildman–Crippen LogP) is 2.02. The Morgan fingerprint density at radius 1 is 1.50 bits per heavy atom. The van der Waals surface area contributed by atoms with Crippen LogP contribution >= 0.6 is 0 Å². The first-order valence-electron chi connectivity index (χ1n) is 6.05. The number of ether oxygens (including phenoxy) is 1. The molecule has 1 atom stereocenters. The number of nitrogens with one attached hydrogen (secondary N) is 1. The van der Waals surface area contributed by atoms with Crippen LogP contribution in [0.3, 0.4) is 0 Å². The largest absolute Gasteiger partial charge is 0.481 e. The zero-order chi connectivity index (χ0) is 11.4. The summed E-state index contributed by atoms with van der Waals surface area (Å²) >= 11 is 0. The van der Waals surface area contributed by atoms with Gasteiger partial charge in [-0.1, -0.05) is 13.0 Å². The fraction of sp³-hybridized carbons (Fsp3) is 0.615. The topological polar surface area (TPSA) is 34.1 Å². The van der Waals surface area contributed by atoms with Gasteiger partial charge in [0.15, 0.2) is 0 Å². The third kappa shape index (κ3) is 2.95. The lowest BCUT2D eigenvalue weighted by Gasteiger charge is -2.17. The highest BCUT2D eigenvalue weighted by Gasteiger charge is 2.30. The molecule has 0 amide bonds. The van der Waals surface area contributed by atoms with Gasteiger partial charge in [0, 0.05) is 18.3 Å². The molecule has 1 aromatic rings. The second kappa shape index (κ2) is 5.30. The number of hydrogen-bond donors (Lipinski definition) is 1. The molecular weight excluding hydrogens is 200 g/mol. The molecule has 0 spiro atoms. The van der Waals surface area contributed by atoms with Gasteiger partial charge in [0.1, 0.15) is 0 Å². The molecule has 1 aliphatic rings. The Balaban J connectivity index is 1.94. The third-order valence-electron chi connectivity index (χ3n) is 3.12. The molecule has 1 N–H and O–H groups in total. The minimum Gasteiger partial charge on any atom is -0.481 e. The molecule has 0 aliphatic heterocycles. The van der Waals surface area contributed by atoms with Crippen LogP contribution in [0.25, 0.3) is 0 Å². The average Bonchev–Trinajstić information content (AvgIpc) is 3.13. The Morgan fingerprint density at radius 3 is 2.81 bits per heavy atom. The first-order valence-corrected chi connectivity index (χ1v) is 6.05. The molecular formula is C13H20N2O. The van der Waals surface area contributed by atoms with Gasteiger partial charge in [0.05, 0.1) is 7.11 Å². The van der Waals surface area contributed by atoms with Crippen LogP contribution in [0.15, 0.2) is 18.3 Å². The maximum absolute atomic E-state index is 5.05. The summed E-state index contributed by atoms with van der Waals surface area (Å²) in [5.41, 5.74) is 1.29. The van der Waals surface area contributed by atoms with E-state index in [-0.39, 0.29) is 0 Å². The van der Waals surface area contributed by atoms with Crippen molar-refractivity contribution in [2.45, 2.75) is 32.2 Å². The molecule has 16 heavy (non-hydrogen) atoms. The smallest absolute Gasteiger partial charge is 0.212 e. The molecule has 1 aliphatic carbocycles. The van der Waals surface area contributed by atoms with Crippen molar-refractivity contribution < 1.29 is 4.74 Å². The molecule has 1 aromatic heterocycles. The van der Waals surface area contributed by atoms with E-state index < -0.39 is 0 Å². The number of aromatic nitrogens is 1. The molecule has 2 rings (SSSR count). The molecule has 88 valence electrons. The van der Waals surface area contributed by atoms with E-state index in [1.165, 1.54) is 18.4 Å². The van der Waals surface area contributed by atoms with Crippen molar-refractivity contribution >= 4 is 0 Å². The van der Waals surface area contributed by atoms with Crippen molar-refractivity contribution in [2.75, 3.05) is 13.7 Å². The van der Waals surface area contributed by atoms with E-state index in [4.69, 9.17) is 4.74 Å². The summed E-state index contributed by atoms with van der Waals surface area (Å²) in [6.07, 6.45) is 5.75. The fourth-order valence-corrected chi connectivity index (χ4v) is 2.07. The van der Waals surface area contributed by atoms with E-state index in [0.717, 1.165) is 18.9 Å². The standard InChI is InChI=1S/C13H20N2O/c1-3-14-12(11-5-6-11)8-10-4-7-13(16-2)15-9-10/h4,7,9,11-12,14H,3,5-6,8H2,1-2H3. The monoisotopic (exact) mass is 220 g/mol. The third-order valence-corrected chi connectivity index (χ3v) is 3.12. The molecule has 1 unspecified atom stereocenters. The minimum absolute atomic E-state index is 0.625. The number of hydrogen-bond acceptors (Lipinski definition) is 3. The van der Waals surface area contributed by atoms with Crippen LogP contribution in [-0.4, -0.2) is 24.7 Å². The lowest BCUT2D eigenvalue weighted by molar-refractivity contribution is 0.397. The summed E-state index contributed by atoms with van der Waals surface area (Å²) in [6.45, 7) is 3.21. The van der Waals surface area contributed by atoms with Crippen molar-refractivity contribution in [3.8, 4) is 5.88 Å². The fourth-order valence-electron chi connectivity index (χ4n) is 2.07. The van der Waals surface area contributed by atoms with Crippen molar-refractivity contribution in [2.24, 2.45) is 5.92 Å². The lowest BCUT2D eigenvalue weighted by atomic mass is 10.0. The molecule has 0 bridgehead atoms. The summed E-state index contributed by atoms with van der Waals surface area (Å²) in [4.78, 5) is 4.24.